The molecule has 0 spiro atoms. The maximum absolute atomic E-state index is 12.4. The Balaban J connectivity index is 2.52. The molecule has 0 radical (unpaired) electrons. The van der Waals surface area contributed by atoms with E-state index in [2.05, 4.69) is 18.7 Å². The van der Waals surface area contributed by atoms with Crippen molar-refractivity contribution in [1.82, 2.24) is 14.7 Å². The van der Waals surface area contributed by atoms with Gasteiger partial charge < -0.3 is 14.9 Å². The van der Waals surface area contributed by atoms with Crippen LogP contribution in [0, 0.1) is 0 Å². The van der Waals surface area contributed by atoms with E-state index in [1.165, 1.54) is 0 Å². The van der Waals surface area contributed by atoms with E-state index in [4.69, 9.17) is 5.11 Å². The number of amides is 2. The standard InChI is InChI=1S/C16H31N3O3/c1-3-5-7-18(8-6-4-2)15(21)16(22)19-11-9-17(10-12-19)13-14-20/h20H,3-14H2,1-2H3. The molecule has 1 rings (SSSR count). The Bertz CT molecular complexity index is 334. The van der Waals surface area contributed by atoms with E-state index in [0.29, 0.717) is 32.7 Å². The first-order valence-electron chi connectivity index (χ1n) is 8.55. The summed E-state index contributed by atoms with van der Waals surface area (Å²) in [5.74, 6) is -0.714. The third-order valence-corrected chi connectivity index (χ3v) is 4.11. The molecule has 1 heterocycles. The van der Waals surface area contributed by atoms with E-state index in [0.717, 1.165) is 38.8 Å². The highest BCUT2D eigenvalue weighted by molar-refractivity contribution is 6.34. The molecule has 1 N–H and O–H groups in total. The molecule has 1 fully saturated rings. The van der Waals surface area contributed by atoms with Gasteiger partial charge in [0.25, 0.3) is 0 Å². The number of nitrogens with zero attached hydrogens (tertiary/aromatic N) is 3. The average molecular weight is 313 g/mol. The Morgan fingerprint density at radius 2 is 1.55 bits per heavy atom. The van der Waals surface area contributed by atoms with Crippen LogP contribution in [0.5, 0.6) is 0 Å². The second-order valence-electron chi connectivity index (χ2n) is 5.86. The molecule has 6 nitrogen and oxygen atoms in total. The van der Waals surface area contributed by atoms with Crippen molar-refractivity contribution in [2.24, 2.45) is 0 Å². The molecule has 0 aliphatic carbocycles. The van der Waals surface area contributed by atoms with Crippen LogP contribution in [0.15, 0.2) is 0 Å². The molecular weight excluding hydrogens is 282 g/mol. The van der Waals surface area contributed by atoms with Gasteiger partial charge in [-0.25, -0.2) is 0 Å². The average Bonchev–Trinajstić information content (AvgIpc) is 2.55. The van der Waals surface area contributed by atoms with Crippen LogP contribution >= 0.6 is 0 Å². The Labute approximate surface area is 134 Å². The van der Waals surface area contributed by atoms with Gasteiger partial charge in [-0.3, -0.25) is 14.5 Å². The number of hydrogen-bond acceptors (Lipinski definition) is 4. The highest BCUT2D eigenvalue weighted by atomic mass is 16.3. The minimum absolute atomic E-state index is 0.134. The molecule has 22 heavy (non-hydrogen) atoms. The predicted octanol–water partition coefficient (Wildman–Crippen LogP) is 0.552. The van der Waals surface area contributed by atoms with Gasteiger partial charge in [-0.05, 0) is 12.8 Å². The fraction of sp³-hybridized carbons (Fsp3) is 0.875. The maximum Gasteiger partial charge on any atom is 0.312 e. The minimum atomic E-state index is -0.365. The second-order valence-corrected chi connectivity index (χ2v) is 5.86. The lowest BCUT2D eigenvalue weighted by Gasteiger charge is -2.35. The number of aliphatic hydroxyl groups is 1. The van der Waals surface area contributed by atoms with Gasteiger partial charge in [0.2, 0.25) is 0 Å². The number of hydrogen-bond donors (Lipinski definition) is 1. The van der Waals surface area contributed by atoms with Crippen LogP contribution in [0.3, 0.4) is 0 Å². The van der Waals surface area contributed by atoms with E-state index in [9.17, 15) is 9.59 Å². The van der Waals surface area contributed by atoms with Gasteiger partial charge in [0, 0.05) is 45.8 Å². The first-order chi connectivity index (χ1) is 10.6. The number of rotatable bonds is 8. The van der Waals surface area contributed by atoms with Crippen molar-refractivity contribution >= 4 is 11.8 Å². The van der Waals surface area contributed by atoms with Crippen LogP contribution in [0.25, 0.3) is 0 Å². The van der Waals surface area contributed by atoms with Gasteiger partial charge in [0.15, 0.2) is 0 Å². The topological polar surface area (TPSA) is 64.1 Å². The van der Waals surface area contributed by atoms with E-state index in [-0.39, 0.29) is 18.4 Å². The first kappa shape index (κ1) is 18.9. The normalized spacial score (nSPS) is 15.9. The van der Waals surface area contributed by atoms with Crippen molar-refractivity contribution in [2.45, 2.75) is 39.5 Å². The quantitative estimate of drug-likeness (QED) is 0.665. The highest BCUT2D eigenvalue weighted by Crippen LogP contribution is 2.06. The molecule has 1 aliphatic rings. The molecule has 2 amide bonds. The summed E-state index contributed by atoms with van der Waals surface area (Å²) >= 11 is 0. The van der Waals surface area contributed by atoms with E-state index >= 15 is 0 Å². The fourth-order valence-corrected chi connectivity index (χ4v) is 2.60. The summed E-state index contributed by atoms with van der Waals surface area (Å²) in [5, 5.41) is 8.94. The Hall–Kier alpha value is -1.14. The highest BCUT2D eigenvalue weighted by Gasteiger charge is 2.28. The van der Waals surface area contributed by atoms with Crippen LogP contribution < -0.4 is 0 Å². The summed E-state index contributed by atoms with van der Waals surface area (Å²) in [5.41, 5.74) is 0. The number of aliphatic hydroxyl groups excluding tert-OH is 1. The third-order valence-electron chi connectivity index (χ3n) is 4.11. The van der Waals surface area contributed by atoms with Crippen LogP contribution in [-0.4, -0.2) is 84.0 Å². The summed E-state index contributed by atoms with van der Waals surface area (Å²) in [4.78, 5) is 30.3. The summed E-state index contributed by atoms with van der Waals surface area (Å²) in [6, 6.07) is 0. The molecule has 0 unspecified atom stereocenters. The zero-order valence-corrected chi connectivity index (χ0v) is 14.1. The zero-order valence-electron chi connectivity index (χ0n) is 14.1. The SMILES string of the molecule is CCCCN(CCCC)C(=O)C(=O)N1CCN(CCO)CC1. The van der Waals surface area contributed by atoms with Crippen LogP contribution in [0.2, 0.25) is 0 Å². The molecule has 0 aromatic rings. The lowest BCUT2D eigenvalue weighted by molar-refractivity contribution is -0.153. The van der Waals surface area contributed by atoms with Crippen molar-refractivity contribution in [3.8, 4) is 0 Å². The van der Waals surface area contributed by atoms with Crippen molar-refractivity contribution in [3.05, 3.63) is 0 Å². The molecule has 6 heteroatoms. The van der Waals surface area contributed by atoms with Gasteiger partial charge in [0.05, 0.1) is 6.61 Å². The van der Waals surface area contributed by atoms with E-state index in [1.54, 1.807) is 9.80 Å². The smallest absolute Gasteiger partial charge is 0.312 e. The second kappa shape index (κ2) is 10.6. The zero-order chi connectivity index (χ0) is 16.4. The maximum atomic E-state index is 12.4. The fourth-order valence-electron chi connectivity index (χ4n) is 2.60. The number of unbranched alkanes of at least 4 members (excludes halogenated alkanes) is 2. The molecule has 0 saturated carbocycles. The van der Waals surface area contributed by atoms with Gasteiger partial charge in [-0.15, -0.1) is 0 Å². The van der Waals surface area contributed by atoms with Crippen LogP contribution in [0.4, 0.5) is 0 Å². The van der Waals surface area contributed by atoms with Gasteiger partial charge in [-0.1, -0.05) is 26.7 Å². The van der Waals surface area contributed by atoms with Crippen LogP contribution in [0.1, 0.15) is 39.5 Å². The third kappa shape index (κ3) is 5.93. The lowest BCUT2D eigenvalue weighted by atomic mass is 10.2. The molecule has 1 saturated heterocycles. The lowest BCUT2D eigenvalue weighted by Crippen LogP contribution is -2.53. The Kier molecular flexibility index (Phi) is 9.08. The Morgan fingerprint density at radius 3 is 2.00 bits per heavy atom. The van der Waals surface area contributed by atoms with Crippen molar-refractivity contribution in [1.29, 1.82) is 0 Å². The first-order valence-corrected chi connectivity index (χ1v) is 8.55. The Morgan fingerprint density at radius 1 is 1.00 bits per heavy atom. The number of carbonyl (C=O) groups excluding carboxylic acids is 2. The van der Waals surface area contributed by atoms with Crippen molar-refractivity contribution < 1.29 is 14.7 Å². The summed E-state index contributed by atoms with van der Waals surface area (Å²) in [6.45, 7) is 8.88. The van der Waals surface area contributed by atoms with Crippen molar-refractivity contribution in [3.63, 3.8) is 0 Å². The molecule has 0 aromatic carbocycles. The number of piperazine rings is 1. The summed E-state index contributed by atoms with van der Waals surface area (Å²) in [7, 11) is 0. The van der Waals surface area contributed by atoms with Crippen molar-refractivity contribution in [2.75, 3.05) is 52.4 Å². The molecule has 1 aliphatic heterocycles. The monoisotopic (exact) mass is 313 g/mol. The summed E-state index contributed by atoms with van der Waals surface area (Å²) < 4.78 is 0. The number of β-amino-alcohol motifs (C(OH)–C–C–N with tert-alkyl or cyclic N) is 1. The van der Waals surface area contributed by atoms with Gasteiger partial charge in [-0.2, -0.15) is 0 Å². The molecule has 0 atom stereocenters. The molecule has 128 valence electrons. The van der Waals surface area contributed by atoms with Gasteiger partial charge in [0.1, 0.15) is 0 Å². The molecular formula is C16H31N3O3. The number of carbonyl (C=O) groups is 2. The van der Waals surface area contributed by atoms with Crippen LogP contribution in [-0.2, 0) is 9.59 Å². The van der Waals surface area contributed by atoms with Gasteiger partial charge >= 0.3 is 11.8 Å². The molecule has 0 aromatic heterocycles. The summed E-state index contributed by atoms with van der Waals surface area (Å²) in [6.07, 6.45) is 3.91. The minimum Gasteiger partial charge on any atom is -0.395 e. The largest absolute Gasteiger partial charge is 0.395 e. The predicted molar refractivity (Wildman–Crippen MR) is 86.5 cm³/mol. The molecule has 0 bridgehead atoms. The van der Waals surface area contributed by atoms with E-state index in [1.807, 2.05) is 0 Å². The van der Waals surface area contributed by atoms with E-state index < -0.39 is 0 Å².